The SMILES string of the molecule is CCC(C)(CN)c1nc(C2COc3ccccc3O2)no1. The van der Waals surface area contributed by atoms with E-state index in [1.165, 1.54) is 0 Å². The molecule has 21 heavy (non-hydrogen) atoms. The second kappa shape index (κ2) is 5.37. The summed E-state index contributed by atoms with van der Waals surface area (Å²) >= 11 is 0. The summed E-state index contributed by atoms with van der Waals surface area (Å²) in [5, 5.41) is 4.03. The number of para-hydroxylation sites is 2. The number of rotatable bonds is 4. The van der Waals surface area contributed by atoms with Crippen molar-refractivity contribution >= 4 is 0 Å². The standard InChI is InChI=1S/C15H19N3O3/c1-3-15(2,9-16)14-17-13(18-21-14)12-8-19-10-6-4-5-7-11(10)20-12/h4-7,12H,3,8-9,16H2,1-2H3. The number of benzene rings is 1. The van der Waals surface area contributed by atoms with E-state index in [9.17, 15) is 0 Å². The second-order valence-electron chi connectivity index (χ2n) is 5.44. The Balaban J connectivity index is 1.82. The quantitative estimate of drug-likeness (QED) is 0.929. The molecule has 0 amide bonds. The molecule has 0 saturated heterocycles. The van der Waals surface area contributed by atoms with Gasteiger partial charge in [0, 0.05) is 6.54 Å². The maximum Gasteiger partial charge on any atom is 0.233 e. The smallest absolute Gasteiger partial charge is 0.233 e. The Kier molecular flexibility index (Phi) is 3.55. The highest BCUT2D eigenvalue weighted by Gasteiger charge is 2.33. The highest BCUT2D eigenvalue weighted by atomic mass is 16.6. The molecule has 1 aromatic heterocycles. The molecule has 112 valence electrons. The average molecular weight is 289 g/mol. The normalized spacial score (nSPS) is 20.0. The molecule has 2 N–H and O–H groups in total. The maximum atomic E-state index is 5.87. The third-order valence-corrected chi connectivity index (χ3v) is 3.99. The van der Waals surface area contributed by atoms with Crippen LogP contribution in [0.1, 0.15) is 38.1 Å². The first kappa shape index (κ1) is 13.9. The van der Waals surface area contributed by atoms with Gasteiger partial charge in [0.2, 0.25) is 11.7 Å². The van der Waals surface area contributed by atoms with E-state index in [4.69, 9.17) is 19.7 Å². The topological polar surface area (TPSA) is 83.4 Å². The first-order valence-electron chi connectivity index (χ1n) is 7.09. The fourth-order valence-electron chi connectivity index (χ4n) is 2.14. The Morgan fingerprint density at radius 2 is 2.10 bits per heavy atom. The molecule has 2 unspecified atom stereocenters. The fourth-order valence-corrected chi connectivity index (χ4v) is 2.14. The van der Waals surface area contributed by atoms with Crippen LogP contribution >= 0.6 is 0 Å². The van der Waals surface area contributed by atoms with Crippen LogP contribution in [0.3, 0.4) is 0 Å². The second-order valence-corrected chi connectivity index (χ2v) is 5.44. The van der Waals surface area contributed by atoms with Crippen LogP contribution in [0.25, 0.3) is 0 Å². The first-order chi connectivity index (χ1) is 10.2. The van der Waals surface area contributed by atoms with Crippen LogP contribution in [-0.4, -0.2) is 23.3 Å². The van der Waals surface area contributed by atoms with Crippen molar-refractivity contribution in [2.75, 3.05) is 13.2 Å². The summed E-state index contributed by atoms with van der Waals surface area (Å²) in [5.41, 5.74) is 5.51. The summed E-state index contributed by atoms with van der Waals surface area (Å²) in [4.78, 5) is 4.46. The van der Waals surface area contributed by atoms with Crippen molar-refractivity contribution in [1.29, 1.82) is 0 Å². The number of aromatic nitrogens is 2. The zero-order valence-corrected chi connectivity index (χ0v) is 12.2. The molecule has 1 aliphatic rings. The molecule has 1 aliphatic heterocycles. The van der Waals surface area contributed by atoms with Gasteiger partial charge in [-0.15, -0.1) is 0 Å². The predicted molar refractivity (Wildman–Crippen MR) is 76.3 cm³/mol. The van der Waals surface area contributed by atoms with E-state index in [2.05, 4.69) is 10.1 Å². The Bertz CT molecular complexity index is 622. The molecule has 0 radical (unpaired) electrons. The number of hydrogen-bond donors (Lipinski definition) is 1. The van der Waals surface area contributed by atoms with Gasteiger partial charge < -0.3 is 19.7 Å². The van der Waals surface area contributed by atoms with Gasteiger partial charge in [-0.25, -0.2) is 0 Å². The monoisotopic (exact) mass is 289 g/mol. The third kappa shape index (κ3) is 2.47. The minimum atomic E-state index is -0.365. The number of fused-ring (bicyclic) bond motifs is 1. The van der Waals surface area contributed by atoms with Crippen molar-refractivity contribution in [3.63, 3.8) is 0 Å². The van der Waals surface area contributed by atoms with Gasteiger partial charge in [0.25, 0.3) is 0 Å². The zero-order chi connectivity index (χ0) is 14.9. The highest BCUT2D eigenvalue weighted by molar-refractivity contribution is 5.40. The predicted octanol–water partition coefficient (Wildman–Crippen LogP) is 2.21. The van der Waals surface area contributed by atoms with Crippen LogP contribution in [0.15, 0.2) is 28.8 Å². The van der Waals surface area contributed by atoms with E-state index in [-0.39, 0.29) is 11.5 Å². The third-order valence-electron chi connectivity index (χ3n) is 3.99. The summed E-state index contributed by atoms with van der Waals surface area (Å²) < 4.78 is 16.9. The summed E-state index contributed by atoms with van der Waals surface area (Å²) in [5.74, 6) is 2.47. The Morgan fingerprint density at radius 3 is 2.81 bits per heavy atom. The number of nitrogens with zero attached hydrogens (tertiary/aromatic N) is 2. The van der Waals surface area contributed by atoms with Gasteiger partial charge in [-0.1, -0.05) is 24.2 Å². The molecule has 2 aromatic rings. The van der Waals surface area contributed by atoms with Crippen molar-refractivity contribution in [1.82, 2.24) is 10.1 Å². The largest absolute Gasteiger partial charge is 0.485 e. The summed E-state index contributed by atoms with van der Waals surface area (Å²) in [7, 11) is 0. The van der Waals surface area contributed by atoms with Gasteiger partial charge in [-0.05, 0) is 25.5 Å². The summed E-state index contributed by atoms with van der Waals surface area (Å²) in [6, 6.07) is 7.53. The van der Waals surface area contributed by atoms with Gasteiger partial charge in [0.15, 0.2) is 17.6 Å². The van der Waals surface area contributed by atoms with Crippen LogP contribution in [-0.2, 0) is 5.41 Å². The number of ether oxygens (including phenoxy) is 2. The van der Waals surface area contributed by atoms with E-state index in [0.29, 0.717) is 30.6 Å². The van der Waals surface area contributed by atoms with Crippen molar-refractivity contribution in [2.45, 2.75) is 31.8 Å². The van der Waals surface area contributed by atoms with E-state index in [1.54, 1.807) is 0 Å². The van der Waals surface area contributed by atoms with E-state index < -0.39 is 0 Å². The fraction of sp³-hybridized carbons (Fsp3) is 0.467. The van der Waals surface area contributed by atoms with Crippen molar-refractivity contribution < 1.29 is 14.0 Å². The van der Waals surface area contributed by atoms with Gasteiger partial charge in [-0.2, -0.15) is 4.98 Å². The minimum absolute atomic E-state index is 0.307. The zero-order valence-electron chi connectivity index (χ0n) is 12.2. The van der Waals surface area contributed by atoms with Crippen LogP contribution < -0.4 is 15.2 Å². The molecule has 2 heterocycles. The lowest BCUT2D eigenvalue weighted by Gasteiger charge is -2.24. The lowest BCUT2D eigenvalue weighted by atomic mass is 9.88. The Hall–Kier alpha value is -2.08. The summed E-state index contributed by atoms with van der Waals surface area (Å²) in [6.07, 6.45) is 0.465. The first-order valence-corrected chi connectivity index (χ1v) is 7.09. The highest BCUT2D eigenvalue weighted by Crippen LogP contribution is 2.35. The van der Waals surface area contributed by atoms with Crippen molar-refractivity contribution in [3.05, 3.63) is 36.0 Å². The molecular weight excluding hydrogens is 270 g/mol. The molecule has 6 heteroatoms. The van der Waals surface area contributed by atoms with Crippen molar-refractivity contribution in [3.8, 4) is 11.5 Å². The van der Waals surface area contributed by atoms with Crippen LogP contribution in [0.2, 0.25) is 0 Å². The van der Waals surface area contributed by atoms with Gasteiger partial charge in [0.1, 0.15) is 6.61 Å². The van der Waals surface area contributed by atoms with Gasteiger partial charge in [-0.3, -0.25) is 0 Å². The van der Waals surface area contributed by atoms with Crippen LogP contribution in [0.4, 0.5) is 0 Å². The minimum Gasteiger partial charge on any atom is -0.485 e. The maximum absolute atomic E-state index is 5.87. The molecule has 1 aromatic carbocycles. The van der Waals surface area contributed by atoms with Gasteiger partial charge in [0.05, 0.1) is 5.41 Å². The molecule has 0 aliphatic carbocycles. The molecule has 3 rings (SSSR count). The van der Waals surface area contributed by atoms with Crippen LogP contribution in [0, 0.1) is 0 Å². The van der Waals surface area contributed by atoms with Gasteiger partial charge >= 0.3 is 0 Å². The molecule has 0 spiro atoms. The Labute approximate surface area is 123 Å². The molecule has 2 atom stereocenters. The summed E-state index contributed by atoms with van der Waals surface area (Å²) in [6.45, 7) is 4.88. The van der Waals surface area contributed by atoms with Crippen molar-refractivity contribution in [2.24, 2.45) is 5.73 Å². The molecule has 0 saturated carbocycles. The lowest BCUT2D eigenvalue weighted by Crippen LogP contribution is -2.31. The van der Waals surface area contributed by atoms with E-state index >= 15 is 0 Å². The van der Waals surface area contributed by atoms with E-state index in [0.717, 1.165) is 12.2 Å². The molecule has 6 nitrogen and oxygen atoms in total. The van der Waals surface area contributed by atoms with E-state index in [1.807, 2.05) is 38.1 Å². The molecular formula is C15H19N3O3. The molecule has 0 fully saturated rings. The Morgan fingerprint density at radius 1 is 1.33 bits per heavy atom. The average Bonchev–Trinajstić information content (AvgIpc) is 3.04. The van der Waals surface area contributed by atoms with Crippen LogP contribution in [0.5, 0.6) is 11.5 Å². The molecule has 0 bridgehead atoms. The number of nitrogens with two attached hydrogens (primary N) is 1. The lowest BCUT2D eigenvalue weighted by molar-refractivity contribution is 0.0832. The number of hydrogen-bond acceptors (Lipinski definition) is 6.